The zero-order chi connectivity index (χ0) is 13.1. The molecule has 0 aliphatic rings. The normalized spacial score (nSPS) is 10.0. The topological polar surface area (TPSA) is 86.9 Å². The van der Waals surface area contributed by atoms with Crippen molar-refractivity contribution in [3.05, 3.63) is 34.5 Å². The second kappa shape index (κ2) is 5.16. The predicted molar refractivity (Wildman–Crippen MR) is 66.9 cm³/mol. The quantitative estimate of drug-likeness (QED) is 0.927. The van der Waals surface area contributed by atoms with Crippen LogP contribution in [0.2, 0.25) is 0 Å². The maximum Gasteiger partial charge on any atom is 0.347 e. The number of pyridine rings is 1. The van der Waals surface area contributed by atoms with Crippen molar-refractivity contribution in [3.8, 4) is 6.07 Å². The summed E-state index contributed by atoms with van der Waals surface area (Å²) in [5.74, 6) is -0.976. The second-order valence-corrected chi connectivity index (χ2v) is 5.56. The van der Waals surface area contributed by atoms with Gasteiger partial charge in [0.05, 0.1) is 17.3 Å². The van der Waals surface area contributed by atoms with E-state index < -0.39 is 5.97 Å². The van der Waals surface area contributed by atoms with Crippen molar-refractivity contribution in [2.75, 3.05) is 0 Å². The average Bonchev–Trinajstić information content (AvgIpc) is 2.70. The van der Waals surface area contributed by atoms with E-state index in [-0.39, 0.29) is 4.88 Å². The van der Waals surface area contributed by atoms with Gasteiger partial charge in [0.2, 0.25) is 0 Å². The number of carbonyl (C=O) groups is 1. The van der Waals surface area contributed by atoms with E-state index in [0.29, 0.717) is 20.6 Å². The Labute approximate surface area is 111 Å². The van der Waals surface area contributed by atoms with Gasteiger partial charge < -0.3 is 5.11 Å². The third kappa shape index (κ3) is 2.67. The van der Waals surface area contributed by atoms with Gasteiger partial charge in [0.1, 0.15) is 9.90 Å². The Hall–Kier alpha value is -1.91. The summed E-state index contributed by atoms with van der Waals surface area (Å²) in [5, 5.41) is 18.3. The minimum Gasteiger partial charge on any atom is -0.477 e. The van der Waals surface area contributed by atoms with Crippen LogP contribution < -0.4 is 0 Å². The van der Waals surface area contributed by atoms with E-state index in [9.17, 15) is 4.79 Å². The fraction of sp³-hybridized carbons (Fsp3) is 0.0909. The van der Waals surface area contributed by atoms with Crippen LogP contribution in [0.15, 0.2) is 27.7 Å². The van der Waals surface area contributed by atoms with Gasteiger partial charge in [-0.1, -0.05) is 11.3 Å². The molecular formula is C11H7N3O2S2. The number of carboxylic acid groups (broad SMARTS) is 1. The van der Waals surface area contributed by atoms with E-state index >= 15 is 0 Å². The number of carboxylic acids is 1. The van der Waals surface area contributed by atoms with Crippen molar-refractivity contribution < 1.29 is 9.90 Å². The van der Waals surface area contributed by atoms with Crippen LogP contribution in [0.5, 0.6) is 0 Å². The largest absolute Gasteiger partial charge is 0.477 e. The van der Waals surface area contributed by atoms with Gasteiger partial charge in [-0.15, -0.1) is 0 Å². The van der Waals surface area contributed by atoms with Gasteiger partial charge >= 0.3 is 5.97 Å². The zero-order valence-electron chi connectivity index (χ0n) is 9.25. The Morgan fingerprint density at radius 1 is 1.61 bits per heavy atom. The number of aryl methyl sites for hydroxylation is 1. The molecule has 90 valence electrons. The molecule has 0 saturated heterocycles. The summed E-state index contributed by atoms with van der Waals surface area (Å²) in [4.78, 5) is 19.4. The number of thiazole rings is 1. The van der Waals surface area contributed by atoms with Gasteiger partial charge in [0.25, 0.3) is 0 Å². The summed E-state index contributed by atoms with van der Waals surface area (Å²) in [7, 11) is 0. The summed E-state index contributed by atoms with van der Waals surface area (Å²) < 4.78 is 0.604. The van der Waals surface area contributed by atoms with Gasteiger partial charge in [0, 0.05) is 6.20 Å². The minimum absolute atomic E-state index is 0.230. The maximum atomic E-state index is 10.9. The Balaban J connectivity index is 2.26. The van der Waals surface area contributed by atoms with Crippen LogP contribution in [-0.4, -0.2) is 21.0 Å². The lowest BCUT2D eigenvalue weighted by atomic mass is 10.3. The van der Waals surface area contributed by atoms with Crippen molar-refractivity contribution in [1.82, 2.24) is 9.97 Å². The number of rotatable bonds is 3. The molecule has 2 aromatic heterocycles. The van der Waals surface area contributed by atoms with Gasteiger partial charge in [0.15, 0.2) is 4.34 Å². The lowest BCUT2D eigenvalue weighted by Gasteiger charge is -1.96. The highest BCUT2D eigenvalue weighted by molar-refractivity contribution is 8.01. The molecule has 0 bridgehead atoms. The fourth-order valence-corrected chi connectivity index (χ4v) is 3.21. The van der Waals surface area contributed by atoms with E-state index in [2.05, 4.69) is 9.97 Å². The highest BCUT2D eigenvalue weighted by atomic mass is 32.2. The van der Waals surface area contributed by atoms with Crippen LogP contribution in [0.3, 0.4) is 0 Å². The molecule has 0 atom stereocenters. The monoisotopic (exact) mass is 277 g/mol. The van der Waals surface area contributed by atoms with Gasteiger partial charge in [-0.3, -0.25) is 0 Å². The maximum absolute atomic E-state index is 10.9. The van der Waals surface area contributed by atoms with Crippen LogP contribution >= 0.6 is 23.1 Å². The number of hydrogen-bond acceptors (Lipinski definition) is 6. The molecule has 0 aliphatic heterocycles. The van der Waals surface area contributed by atoms with Crippen molar-refractivity contribution in [3.63, 3.8) is 0 Å². The summed E-state index contributed by atoms with van der Waals surface area (Å²) in [6.45, 7) is 1.66. The molecule has 0 saturated carbocycles. The van der Waals surface area contributed by atoms with Crippen molar-refractivity contribution >= 4 is 29.1 Å². The smallest absolute Gasteiger partial charge is 0.347 e. The first-order valence-corrected chi connectivity index (χ1v) is 6.48. The molecule has 7 heteroatoms. The van der Waals surface area contributed by atoms with Crippen molar-refractivity contribution in [2.45, 2.75) is 16.3 Å². The highest BCUT2D eigenvalue weighted by Gasteiger charge is 2.15. The van der Waals surface area contributed by atoms with E-state index in [0.717, 1.165) is 11.3 Å². The molecule has 1 N–H and O–H groups in total. The van der Waals surface area contributed by atoms with Gasteiger partial charge in [-0.25, -0.2) is 14.8 Å². The number of nitrogens with zero attached hydrogens (tertiary/aromatic N) is 3. The molecule has 2 heterocycles. The fourth-order valence-electron chi connectivity index (χ4n) is 1.24. The SMILES string of the molecule is Cc1nc(Sc2cc(C#N)ccn2)sc1C(=O)O. The number of nitriles is 1. The zero-order valence-corrected chi connectivity index (χ0v) is 10.9. The van der Waals surface area contributed by atoms with Crippen LogP contribution in [-0.2, 0) is 0 Å². The third-order valence-electron chi connectivity index (χ3n) is 2.03. The van der Waals surface area contributed by atoms with E-state index in [4.69, 9.17) is 10.4 Å². The molecule has 0 amide bonds. The first-order valence-electron chi connectivity index (χ1n) is 4.85. The first-order chi connectivity index (χ1) is 8.60. The number of aromatic nitrogens is 2. The molecule has 2 aromatic rings. The third-order valence-corrected chi connectivity index (χ3v) is 4.17. The molecule has 0 aromatic carbocycles. The highest BCUT2D eigenvalue weighted by Crippen LogP contribution is 2.31. The average molecular weight is 277 g/mol. The molecule has 0 unspecified atom stereocenters. The van der Waals surface area contributed by atoms with Gasteiger partial charge in [-0.2, -0.15) is 5.26 Å². The number of aromatic carboxylic acids is 1. The summed E-state index contributed by atoms with van der Waals surface area (Å²) in [5.41, 5.74) is 1.01. The minimum atomic E-state index is -0.976. The van der Waals surface area contributed by atoms with E-state index in [1.165, 1.54) is 11.8 Å². The van der Waals surface area contributed by atoms with E-state index in [1.807, 2.05) is 6.07 Å². The van der Waals surface area contributed by atoms with E-state index in [1.54, 1.807) is 25.3 Å². The molecular weight excluding hydrogens is 270 g/mol. The molecule has 0 spiro atoms. The predicted octanol–water partition coefficient (Wildman–Crippen LogP) is 2.57. The standard InChI is InChI=1S/C11H7N3O2S2/c1-6-9(10(15)16)18-11(14-6)17-8-4-7(5-12)2-3-13-8/h2-4H,1H3,(H,15,16). The summed E-state index contributed by atoms with van der Waals surface area (Å²) in [6.07, 6.45) is 1.54. The Morgan fingerprint density at radius 3 is 3.00 bits per heavy atom. The number of hydrogen-bond donors (Lipinski definition) is 1. The van der Waals surface area contributed by atoms with Crippen LogP contribution in [0.25, 0.3) is 0 Å². The van der Waals surface area contributed by atoms with Crippen LogP contribution in [0, 0.1) is 18.3 Å². The summed E-state index contributed by atoms with van der Waals surface area (Å²) >= 11 is 2.36. The Kier molecular flexibility index (Phi) is 3.60. The molecule has 0 aliphatic carbocycles. The lowest BCUT2D eigenvalue weighted by Crippen LogP contribution is -1.94. The molecule has 2 rings (SSSR count). The Bertz CT molecular complexity index is 646. The molecule has 0 radical (unpaired) electrons. The molecule has 5 nitrogen and oxygen atoms in total. The first kappa shape index (κ1) is 12.5. The second-order valence-electron chi connectivity index (χ2n) is 3.30. The van der Waals surface area contributed by atoms with Crippen LogP contribution in [0.1, 0.15) is 20.9 Å². The summed E-state index contributed by atoms with van der Waals surface area (Å²) in [6, 6.07) is 5.28. The molecule has 0 fully saturated rings. The Morgan fingerprint density at radius 2 is 2.39 bits per heavy atom. The van der Waals surface area contributed by atoms with Crippen molar-refractivity contribution in [1.29, 1.82) is 5.26 Å². The molecule has 18 heavy (non-hydrogen) atoms. The van der Waals surface area contributed by atoms with Crippen LogP contribution in [0.4, 0.5) is 0 Å². The van der Waals surface area contributed by atoms with Gasteiger partial charge in [-0.05, 0) is 30.8 Å². The van der Waals surface area contributed by atoms with Crippen molar-refractivity contribution in [2.24, 2.45) is 0 Å². The lowest BCUT2D eigenvalue weighted by molar-refractivity contribution is 0.0701.